The molecule has 1 aliphatic rings. The molecule has 19 heavy (non-hydrogen) atoms. The number of likely N-dealkylation sites (N-methyl/N-ethyl adjacent to an activating group) is 1. The Hall–Kier alpha value is -0.610. The molecule has 0 spiro atoms. The van der Waals surface area contributed by atoms with E-state index < -0.39 is 0 Å². The largest absolute Gasteiger partial charge is 0.380 e. The zero-order chi connectivity index (χ0) is 14.1. The van der Waals surface area contributed by atoms with Gasteiger partial charge in [-0.05, 0) is 38.6 Å². The van der Waals surface area contributed by atoms with Gasteiger partial charge in [0.2, 0.25) is 5.91 Å². The number of ether oxygens (including phenoxy) is 1. The third kappa shape index (κ3) is 5.11. The Morgan fingerprint density at radius 2 is 1.95 bits per heavy atom. The first kappa shape index (κ1) is 16.4. The Labute approximate surface area is 117 Å². The lowest BCUT2D eigenvalue weighted by Gasteiger charge is -2.37. The molecule has 0 aromatic rings. The van der Waals surface area contributed by atoms with E-state index in [0.29, 0.717) is 32.7 Å². The van der Waals surface area contributed by atoms with Gasteiger partial charge in [0.25, 0.3) is 0 Å². The first-order valence-corrected chi connectivity index (χ1v) is 7.73. The fourth-order valence-corrected chi connectivity index (χ4v) is 2.97. The average molecular weight is 270 g/mol. The van der Waals surface area contributed by atoms with Crippen LogP contribution in [0.25, 0.3) is 0 Å². The molecule has 0 aromatic carbocycles. The Bertz CT molecular complexity index is 263. The highest BCUT2D eigenvalue weighted by Gasteiger charge is 2.34. The summed E-state index contributed by atoms with van der Waals surface area (Å²) < 4.78 is 5.34. The fraction of sp³-hybridized carbons (Fsp3) is 0.933. The number of carbonyl (C=O) groups excluding carboxylic acids is 1. The van der Waals surface area contributed by atoms with Gasteiger partial charge in [0.05, 0.1) is 6.61 Å². The van der Waals surface area contributed by atoms with Crippen LogP contribution in [0.1, 0.15) is 52.4 Å². The molecule has 1 saturated carbocycles. The second-order valence-corrected chi connectivity index (χ2v) is 5.61. The van der Waals surface area contributed by atoms with Crippen LogP contribution in [-0.2, 0) is 9.53 Å². The third-order valence-electron chi connectivity index (χ3n) is 4.32. The Balaban J connectivity index is 2.49. The van der Waals surface area contributed by atoms with E-state index in [1.165, 1.54) is 19.3 Å². The molecule has 1 amide bonds. The molecule has 0 unspecified atom stereocenters. The van der Waals surface area contributed by atoms with Gasteiger partial charge in [0.15, 0.2) is 0 Å². The average Bonchev–Trinajstić information content (AvgIpc) is 2.44. The molecule has 0 aliphatic heterocycles. The summed E-state index contributed by atoms with van der Waals surface area (Å²) in [5, 5.41) is 0. The van der Waals surface area contributed by atoms with Crippen molar-refractivity contribution >= 4 is 5.91 Å². The van der Waals surface area contributed by atoms with Crippen molar-refractivity contribution in [2.75, 3.05) is 32.8 Å². The van der Waals surface area contributed by atoms with Crippen LogP contribution >= 0.6 is 0 Å². The molecule has 0 heterocycles. The van der Waals surface area contributed by atoms with Crippen molar-refractivity contribution in [3.63, 3.8) is 0 Å². The summed E-state index contributed by atoms with van der Waals surface area (Å²) in [4.78, 5) is 14.3. The van der Waals surface area contributed by atoms with Gasteiger partial charge < -0.3 is 15.4 Å². The zero-order valence-electron chi connectivity index (χ0n) is 12.6. The number of amides is 1. The Morgan fingerprint density at radius 1 is 1.26 bits per heavy atom. The SMILES string of the molecule is CCOCCN(CC)C(=O)CC1(CN)CCCCC1. The minimum Gasteiger partial charge on any atom is -0.380 e. The predicted molar refractivity (Wildman–Crippen MR) is 77.9 cm³/mol. The monoisotopic (exact) mass is 270 g/mol. The number of rotatable bonds is 8. The molecular weight excluding hydrogens is 240 g/mol. The molecule has 0 bridgehead atoms. The summed E-state index contributed by atoms with van der Waals surface area (Å²) >= 11 is 0. The molecule has 0 aromatic heterocycles. The minimum absolute atomic E-state index is 0.0639. The van der Waals surface area contributed by atoms with Crippen molar-refractivity contribution in [3.8, 4) is 0 Å². The summed E-state index contributed by atoms with van der Waals surface area (Å²) in [5.74, 6) is 0.245. The van der Waals surface area contributed by atoms with Crippen LogP contribution < -0.4 is 5.73 Å². The van der Waals surface area contributed by atoms with Crippen LogP contribution in [0.15, 0.2) is 0 Å². The maximum Gasteiger partial charge on any atom is 0.223 e. The summed E-state index contributed by atoms with van der Waals surface area (Å²) in [6.45, 7) is 7.44. The van der Waals surface area contributed by atoms with E-state index >= 15 is 0 Å². The first-order valence-electron chi connectivity index (χ1n) is 7.73. The number of nitrogens with zero attached hydrogens (tertiary/aromatic N) is 1. The number of hydrogen-bond donors (Lipinski definition) is 1. The van der Waals surface area contributed by atoms with Crippen molar-refractivity contribution in [2.45, 2.75) is 52.4 Å². The van der Waals surface area contributed by atoms with E-state index in [1.807, 2.05) is 18.7 Å². The molecular formula is C15H30N2O2. The van der Waals surface area contributed by atoms with Gasteiger partial charge in [-0.2, -0.15) is 0 Å². The maximum atomic E-state index is 12.4. The number of hydrogen-bond acceptors (Lipinski definition) is 3. The van der Waals surface area contributed by atoms with E-state index in [-0.39, 0.29) is 11.3 Å². The third-order valence-corrected chi connectivity index (χ3v) is 4.32. The lowest BCUT2D eigenvalue weighted by Crippen LogP contribution is -2.41. The molecule has 0 radical (unpaired) electrons. The molecule has 0 saturated heterocycles. The lowest BCUT2D eigenvalue weighted by atomic mass is 9.71. The standard InChI is InChI=1S/C15H30N2O2/c1-3-17(10-11-19-4-2)14(18)12-15(13-16)8-6-5-7-9-15/h3-13,16H2,1-2H3. The van der Waals surface area contributed by atoms with Crippen molar-refractivity contribution in [1.82, 2.24) is 4.90 Å². The maximum absolute atomic E-state index is 12.4. The van der Waals surface area contributed by atoms with Gasteiger partial charge >= 0.3 is 0 Å². The lowest BCUT2D eigenvalue weighted by molar-refractivity contribution is -0.134. The highest BCUT2D eigenvalue weighted by molar-refractivity contribution is 5.77. The number of nitrogens with two attached hydrogens (primary N) is 1. The molecule has 112 valence electrons. The van der Waals surface area contributed by atoms with Crippen molar-refractivity contribution in [1.29, 1.82) is 0 Å². The molecule has 2 N–H and O–H groups in total. The van der Waals surface area contributed by atoms with E-state index in [4.69, 9.17) is 10.5 Å². The normalized spacial score (nSPS) is 18.3. The summed E-state index contributed by atoms with van der Waals surface area (Å²) in [6, 6.07) is 0. The van der Waals surface area contributed by atoms with Gasteiger partial charge in [-0.1, -0.05) is 19.3 Å². The second kappa shape index (κ2) is 8.54. The first-order chi connectivity index (χ1) is 9.17. The van der Waals surface area contributed by atoms with Crippen molar-refractivity contribution in [3.05, 3.63) is 0 Å². The number of carbonyl (C=O) groups is 1. The second-order valence-electron chi connectivity index (χ2n) is 5.61. The van der Waals surface area contributed by atoms with Gasteiger partial charge in [-0.15, -0.1) is 0 Å². The topological polar surface area (TPSA) is 55.6 Å². The molecule has 4 heteroatoms. The van der Waals surface area contributed by atoms with Crippen molar-refractivity contribution in [2.24, 2.45) is 11.1 Å². The van der Waals surface area contributed by atoms with E-state index in [9.17, 15) is 4.79 Å². The summed E-state index contributed by atoms with van der Waals surface area (Å²) in [5.41, 5.74) is 6.02. The van der Waals surface area contributed by atoms with Crippen LogP contribution in [0, 0.1) is 5.41 Å². The van der Waals surface area contributed by atoms with Crippen LogP contribution in [0.5, 0.6) is 0 Å². The van der Waals surface area contributed by atoms with Crippen LogP contribution in [0.4, 0.5) is 0 Å². The molecule has 4 nitrogen and oxygen atoms in total. The van der Waals surface area contributed by atoms with E-state index in [1.54, 1.807) is 0 Å². The smallest absolute Gasteiger partial charge is 0.223 e. The van der Waals surface area contributed by atoms with Gasteiger partial charge in [0.1, 0.15) is 0 Å². The van der Waals surface area contributed by atoms with Crippen LogP contribution in [0.2, 0.25) is 0 Å². The van der Waals surface area contributed by atoms with Gasteiger partial charge in [-0.25, -0.2) is 0 Å². The summed E-state index contributed by atoms with van der Waals surface area (Å²) in [7, 11) is 0. The molecule has 1 fully saturated rings. The van der Waals surface area contributed by atoms with E-state index in [0.717, 1.165) is 19.4 Å². The Morgan fingerprint density at radius 3 is 2.47 bits per heavy atom. The molecule has 0 atom stereocenters. The molecule has 1 rings (SSSR count). The molecule has 1 aliphatic carbocycles. The zero-order valence-corrected chi connectivity index (χ0v) is 12.6. The van der Waals surface area contributed by atoms with Gasteiger partial charge in [0, 0.05) is 26.1 Å². The van der Waals surface area contributed by atoms with Gasteiger partial charge in [-0.3, -0.25) is 4.79 Å². The predicted octanol–water partition coefficient (Wildman–Crippen LogP) is 2.17. The fourth-order valence-electron chi connectivity index (χ4n) is 2.97. The van der Waals surface area contributed by atoms with E-state index in [2.05, 4.69) is 0 Å². The summed E-state index contributed by atoms with van der Waals surface area (Å²) in [6.07, 6.45) is 6.56. The van der Waals surface area contributed by atoms with Crippen LogP contribution in [-0.4, -0.2) is 43.7 Å². The highest BCUT2D eigenvalue weighted by Crippen LogP contribution is 2.38. The minimum atomic E-state index is 0.0639. The Kier molecular flexibility index (Phi) is 7.39. The van der Waals surface area contributed by atoms with Crippen molar-refractivity contribution < 1.29 is 9.53 Å². The van der Waals surface area contributed by atoms with Crippen LogP contribution in [0.3, 0.4) is 0 Å². The quantitative estimate of drug-likeness (QED) is 0.688. The highest BCUT2D eigenvalue weighted by atomic mass is 16.5.